The summed E-state index contributed by atoms with van der Waals surface area (Å²) in [6.07, 6.45) is 2.64. The summed E-state index contributed by atoms with van der Waals surface area (Å²) in [6.45, 7) is 4.10. The van der Waals surface area contributed by atoms with E-state index in [1.165, 1.54) is 0 Å². The van der Waals surface area contributed by atoms with Crippen molar-refractivity contribution in [1.29, 1.82) is 0 Å². The van der Waals surface area contributed by atoms with Gasteiger partial charge in [-0.05, 0) is 12.5 Å². The van der Waals surface area contributed by atoms with Gasteiger partial charge in [0.25, 0.3) is 0 Å². The molecule has 1 fully saturated rings. The molecule has 0 amide bonds. The van der Waals surface area contributed by atoms with Crippen LogP contribution in [0.5, 0.6) is 0 Å². The Labute approximate surface area is 74.0 Å². The highest BCUT2D eigenvalue weighted by Crippen LogP contribution is 2.51. The second kappa shape index (κ2) is 2.29. The number of aliphatic hydroxyl groups excluding tert-OH is 1. The maximum absolute atomic E-state index is 9.64. The van der Waals surface area contributed by atoms with Gasteiger partial charge in [0.05, 0.1) is 0 Å². The minimum Gasteiger partial charge on any atom is -0.510 e. The predicted octanol–water partition coefficient (Wildman–Crippen LogP) is 1.37. The molecule has 1 N–H and O–H groups in total. The van der Waals surface area contributed by atoms with Crippen LogP contribution < -0.4 is 0 Å². The van der Waals surface area contributed by atoms with Crippen molar-refractivity contribution >= 4 is 7.85 Å². The Hall–Kier alpha value is -0.435. The third kappa shape index (κ3) is 0.704. The monoisotopic (exact) mass is 164 g/mol. The minimum atomic E-state index is -0.468. The number of ether oxygens (including phenoxy) is 1. The normalized spacial score (nSPS) is 51.2. The van der Waals surface area contributed by atoms with E-state index in [1.807, 2.05) is 13.0 Å². The second-order valence-corrected chi connectivity index (χ2v) is 3.74. The van der Waals surface area contributed by atoms with Gasteiger partial charge in [0.15, 0.2) is 0 Å². The summed E-state index contributed by atoms with van der Waals surface area (Å²) in [4.78, 5) is 0. The molecular weight excluding hydrogens is 151 g/mol. The smallest absolute Gasteiger partial charge is 0.127 e. The van der Waals surface area contributed by atoms with E-state index in [1.54, 1.807) is 0 Å². The van der Waals surface area contributed by atoms with Crippen molar-refractivity contribution < 1.29 is 9.84 Å². The summed E-state index contributed by atoms with van der Waals surface area (Å²) in [5.41, 5.74) is -0.468. The Bertz CT molecular complexity index is 239. The molecule has 2 aliphatic rings. The molecule has 12 heavy (non-hydrogen) atoms. The van der Waals surface area contributed by atoms with Crippen molar-refractivity contribution in [3.05, 3.63) is 11.8 Å². The van der Waals surface area contributed by atoms with Crippen LogP contribution in [0.3, 0.4) is 0 Å². The van der Waals surface area contributed by atoms with Gasteiger partial charge in [0, 0.05) is 17.8 Å². The molecule has 2 radical (unpaired) electrons. The minimum absolute atomic E-state index is 0.199. The van der Waals surface area contributed by atoms with Crippen LogP contribution in [0.15, 0.2) is 11.8 Å². The molecule has 3 heteroatoms. The van der Waals surface area contributed by atoms with Crippen molar-refractivity contribution in [2.75, 3.05) is 0 Å². The average molecular weight is 164 g/mol. The molecule has 2 nitrogen and oxygen atoms in total. The SMILES string of the molecule is [B]C1OC2(CC)C(O)=CC1C2C. The summed E-state index contributed by atoms with van der Waals surface area (Å²) < 4.78 is 5.58. The molecule has 2 bridgehead atoms. The van der Waals surface area contributed by atoms with Gasteiger partial charge in [-0.3, -0.25) is 0 Å². The van der Waals surface area contributed by atoms with Gasteiger partial charge >= 0.3 is 0 Å². The second-order valence-electron chi connectivity index (χ2n) is 3.74. The lowest BCUT2D eigenvalue weighted by atomic mass is 9.81. The van der Waals surface area contributed by atoms with E-state index < -0.39 is 5.60 Å². The Morgan fingerprint density at radius 1 is 1.75 bits per heavy atom. The zero-order valence-corrected chi connectivity index (χ0v) is 7.45. The third-order valence-electron chi connectivity index (χ3n) is 3.35. The Morgan fingerprint density at radius 2 is 2.42 bits per heavy atom. The Kier molecular flexibility index (Phi) is 1.56. The van der Waals surface area contributed by atoms with E-state index in [-0.39, 0.29) is 11.9 Å². The zero-order valence-electron chi connectivity index (χ0n) is 7.45. The first-order valence-electron chi connectivity index (χ1n) is 4.46. The molecule has 0 aromatic heterocycles. The first-order valence-corrected chi connectivity index (χ1v) is 4.46. The van der Waals surface area contributed by atoms with Crippen LogP contribution in [0.4, 0.5) is 0 Å². The van der Waals surface area contributed by atoms with Crippen LogP contribution in [0, 0.1) is 11.8 Å². The van der Waals surface area contributed by atoms with Crippen LogP contribution in [0.1, 0.15) is 20.3 Å². The van der Waals surface area contributed by atoms with Gasteiger partial charge in [-0.2, -0.15) is 0 Å². The van der Waals surface area contributed by atoms with Crippen LogP contribution in [0.2, 0.25) is 0 Å². The van der Waals surface area contributed by atoms with Crippen LogP contribution in [-0.4, -0.2) is 24.6 Å². The van der Waals surface area contributed by atoms with Crippen LogP contribution >= 0.6 is 0 Å². The molecule has 1 aliphatic carbocycles. The fourth-order valence-corrected chi connectivity index (χ4v) is 2.47. The standard InChI is InChI=1S/C9H13BO2/c1-3-9-5(2)6(4-7(9)11)8(10)12-9/h4-6,8,11H,3H2,1-2H3. The molecule has 0 saturated carbocycles. The molecule has 1 heterocycles. The summed E-state index contributed by atoms with van der Waals surface area (Å²) in [6, 6.07) is -0.226. The third-order valence-corrected chi connectivity index (χ3v) is 3.35. The average Bonchev–Trinajstić information content (AvgIpc) is 2.41. The number of hydrogen-bond acceptors (Lipinski definition) is 2. The molecule has 0 aromatic rings. The highest BCUT2D eigenvalue weighted by molar-refractivity contribution is 6.11. The topological polar surface area (TPSA) is 29.5 Å². The van der Waals surface area contributed by atoms with E-state index >= 15 is 0 Å². The number of hydrogen-bond donors (Lipinski definition) is 1. The molecular formula is C9H13BO2. The van der Waals surface area contributed by atoms with Gasteiger partial charge in [0.2, 0.25) is 0 Å². The highest BCUT2D eigenvalue weighted by atomic mass is 16.5. The number of aliphatic hydroxyl groups is 1. The van der Waals surface area contributed by atoms with E-state index in [9.17, 15) is 5.11 Å². The highest BCUT2D eigenvalue weighted by Gasteiger charge is 2.56. The van der Waals surface area contributed by atoms with Crippen molar-refractivity contribution in [2.24, 2.45) is 11.8 Å². The molecule has 2 rings (SSSR count). The van der Waals surface area contributed by atoms with Gasteiger partial charge in [-0.25, -0.2) is 0 Å². The molecule has 4 atom stereocenters. The van der Waals surface area contributed by atoms with Crippen molar-refractivity contribution in [1.82, 2.24) is 0 Å². The molecule has 1 aliphatic heterocycles. The molecule has 1 saturated heterocycles. The largest absolute Gasteiger partial charge is 0.510 e. The molecule has 0 aromatic carbocycles. The lowest BCUT2D eigenvalue weighted by Gasteiger charge is -2.29. The van der Waals surface area contributed by atoms with Crippen molar-refractivity contribution in [3.63, 3.8) is 0 Å². The maximum atomic E-state index is 9.64. The summed E-state index contributed by atoms with van der Waals surface area (Å²) in [7, 11) is 5.76. The fraction of sp³-hybridized carbons (Fsp3) is 0.778. The maximum Gasteiger partial charge on any atom is 0.127 e. The predicted molar refractivity (Wildman–Crippen MR) is 47.0 cm³/mol. The molecule has 64 valence electrons. The first-order chi connectivity index (χ1) is 5.62. The summed E-state index contributed by atoms with van der Waals surface area (Å²) in [5.74, 6) is 0.895. The molecule has 4 unspecified atom stereocenters. The van der Waals surface area contributed by atoms with E-state index in [4.69, 9.17) is 12.6 Å². The van der Waals surface area contributed by atoms with E-state index in [2.05, 4.69) is 6.92 Å². The Balaban J connectivity index is 2.39. The summed E-state index contributed by atoms with van der Waals surface area (Å²) >= 11 is 0. The van der Waals surface area contributed by atoms with Crippen LogP contribution in [0.25, 0.3) is 0 Å². The summed E-state index contributed by atoms with van der Waals surface area (Å²) in [5, 5.41) is 9.64. The lowest BCUT2D eigenvalue weighted by Crippen LogP contribution is -2.35. The number of fused-ring (bicyclic) bond motifs is 2. The zero-order chi connectivity index (χ0) is 8.93. The first kappa shape index (κ1) is 8.18. The Morgan fingerprint density at radius 3 is 2.75 bits per heavy atom. The lowest BCUT2D eigenvalue weighted by molar-refractivity contribution is -0.0354. The number of rotatable bonds is 1. The van der Waals surface area contributed by atoms with Crippen LogP contribution in [-0.2, 0) is 4.74 Å². The van der Waals surface area contributed by atoms with Gasteiger partial charge in [0.1, 0.15) is 19.2 Å². The van der Waals surface area contributed by atoms with Crippen molar-refractivity contribution in [2.45, 2.75) is 31.9 Å². The van der Waals surface area contributed by atoms with Gasteiger partial charge < -0.3 is 9.84 Å². The van der Waals surface area contributed by atoms with Gasteiger partial charge in [-0.15, -0.1) is 0 Å². The quantitative estimate of drug-likeness (QED) is 0.593. The molecule has 0 spiro atoms. The van der Waals surface area contributed by atoms with E-state index in [0.717, 1.165) is 6.42 Å². The fourth-order valence-electron chi connectivity index (χ4n) is 2.47. The van der Waals surface area contributed by atoms with Crippen molar-refractivity contribution in [3.8, 4) is 0 Å². The van der Waals surface area contributed by atoms with E-state index in [0.29, 0.717) is 11.7 Å². The van der Waals surface area contributed by atoms with Gasteiger partial charge in [-0.1, -0.05) is 13.8 Å².